The van der Waals surface area contributed by atoms with Gasteiger partial charge in [0.25, 0.3) is 0 Å². The van der Waals surface area contributed by atoms with Crippen molar-refractivity contribution in [2.75, 3.05) is 18.9 Å². The van der Waals surface area contributed by atoms with E-state index in [0.717, 1.165) is 17.5 Å². The highest BCUT2D eigenvalue weighted by Gasteiger charge is 2.25. The van der Waals surface area contributed by atoms with Gasteiger partial charge in [-0.3, -0.25) is 14.3 Å². The SMILES string of the molecule is Cc1cnc(Nc2cnn(C3CCN(C)C(=O)C3)c2)nc1-c1ccc(C(N)=O)c(CC#N)c1. The number of nitrogens with one attached hydrogen (secondary N) is 1. The first kappa shape index (κ1) is 22.0. The number of rotatable bonds is 6. The summed E-state index contributed by atoms with van der Waals surface area (Å²) in [6.07, 6.45) is 6.57. The lowest BCUT2D eigenvalue weighted by Crippen LogP contribution is -2.36. The van der Waals surface area contributed by atoms with Crippen molar-refractivity contribution >= 4 is 23.5 Å². The molecule has 168 valence electrons. The quantitative estimate of drug-likeness (QED) is 0.594. The number of nitrogens with zero attached hydrogens (tertiary/aromatic N) is 6. The minimum Gasteiger partial charge on any atom is -0.366 e. The molecular weight excluding hydrogens is 420 g/mol. The molecule has 0 aliphatic carbocycles. The Kier molecular flexibility index (Phi) is 6.04. The average Bonchev–Trinajstić information content (AvgIpc) is 3.25. The molecule has 1 aliphatic rings. The number of aromatic nitrogens is 4. The van der Waals surface area contributed by atoms with E-state index < -0.39 is 5.91 Å². The van der Waals surface area contributed by atoms with E-state index in [1.165, 1.54) is 0 Å². The first-order chi connectivity index (χ1) is 15.9. The van der Waals surface area contributed by atoms with Crippen LogP contribution >= 0.6 is 0 Å². The summed E-state index contributed by atoms with van der Waals surface area (Å²) in [5.41, 5.74) is 9.31. The summed E-state index contributed by atoms with van der Waals surface area (Å²) < 4.78 is 1.80. The number of primary amides is 1. The maximum absolute atomic E-state index is 12.0. The van der Waals surface area contributed by atoms with Crippen LogP contribution < -0.4 is 11.1 Å². The molecule has 10 heteroatoms. The third kappa shape index (κ3) is 4.67. The van der Waals surface area contributed by atoms with E-state index in [4.69, 9.17) is 11.0 Å². The number of carbonyl (C=O) groups is 2. The van der Waals surface area contributed by atoms with Crippen LogP contribution in [0.3, 0.4) is 0 Å². The fraction of sp³-hybridized carbons (Fsp3) is 0.304. The largest absolute Gasteiger partial charge is 0.366 e. The molecule has 4 rings (SSSR count). The third-order valence-electron chi connectivity index (χ3n) is 5.75. The van der Waals surface area contributed by atoms with E-state index in [1.807, 2.05) is 20.2 Å². The Labute approximate surface area is 191 Å². The predicted octanol–water partition coefficient (Wildman–Crippen LogP) is 2.35. The zero-order chi connectivity index (χ0) is 23.5. The maximum atomic E-state index is 12.0. The molecule has 3 aromatic rings. The van der Waals surface area contributed by atoms with Gasteiger partial charge in [0.1, 0.15) is 0 Å². The van der Waals surface area contributed by atoms with Crippen molar-refractivity contribution in [2.45, 2.75) is 32.2 Å². The van der Waals surface area contributed by atoms with Gasteiger partial charge in [0.15, 0.2) is 0 Å². The molecule has 1 atom stereocenters. The summed E-state index contributed by atoms with van der Waals surface area (Å²) in [6, 6.07) is 7.23. The number of hydrogen-bond donors (Lipinski definition) is 2. The van der Waals surface area contributed by atoms with Crippen molar-refractivity contribution in [1.82, 2.24) is 24.6 Å². The molecule has 0 radical (unpaired) electrons. The fourth-order valence-corrected chi connectivity index (χ4v) is 3.89. The van der Waals surface area contributed by atoms with Crippen LogP contribution in [0.1, 0.15) is 40.4 Å². The number of aryl methyl sites for hydroxylation is 1. The number of anilines is 2. The molecule has 1 unspecified atom stereocenters. The zero-order valence-electron chi connectivity index (χ0n) is 18.4. The number of nitrogens with two attached hydrogens (primary N) is 1. The van der Waals surface area contributed by atoms with Gasteiger partial charge in [-0.15, -0.1) is 0 Å². The number of piperidine rings is 1. The lowest BCUT2D eigenvalue weighted by Gasteiger charge is -2.28. The van der Waals surface area contributed by atoms with Crippen molar-refractivity contribution in [1.29, 1.82) is 5.26 Å². The van der Waals surface area contributed by atoms with Crippen molar-refractivity contribution in [2.24, 2.45) is 5.73 Å². The number of carbonyl (C=O) groups excluding carboxylic acids is 2. The number of hydrogen-bond acceptors (Lipinski definition) is 7. The van der Waals surface area contributed by atoms with E-state index >= 15 is 0 Å². The van der Waals surface area contributed by atoms with E-state index in [-0.39, 0.29) is 18.4 Å². The zero-order valence-corrected chi connectivity index (χ0v) is 18.4. The van der Waals surface area contributed by atoms with Crippen molar-refractivity contribution in [3.63, 3.8) is 0 Å². The number of amides is 2. The molecule has 33 heavy (non-hydrogen) atoms. The molecular formula is C23H24N8O2. The van der Waals surface area contributed by atoms with Gasteiger partial charge in [-0.05, 0) is 36.6 Å². The van der Waals surface area contributed by atoms with Gasteiger partial charge in [-0.2, -0.15) is 10.4 Å². The van der Waals surface area contributed by atoms with Crippen LogP contribution in [0.15, 0.2) is 36.8 Å². The van der Waals surface area contributed by atoms with Crippen LogP contribution in [0.25, 0.3) is 11.3 Å². The number of benzene rings is 1. The molecule has 1 saturated heterocycles. The minimum atomic E-state index is -0.572. The molecule has 1 fully saturated rings. The molecule has 0 spiro atoms. The summed E-state index contributed by atoms with van der Waals surface area (Å²) >= 11 is 0. The minimum absolute atomic E-state index is 0.0288. The summed E-state index contributed by atoms with van der Waals surface area (Å²) in [5.74, 6) is -0.0757. The van der Waals surface area contributed by atoms with Crippen molar-refractivity contribution in [3.05, 3.63) is 53.5 Å². The van der Waals surface area contributed by atoms with Crippen LogP contribution in [0.5, 0.6) is 0 Å². The van der Waals surface area contributed by atoms with E-state index in [2.05, 4.69) is 26.5 Å². The first-order valence-corrected chi connectivity index (χ1v) is 10.5. The lowest BCUT2D eigenvalue weighted by atomic mass is 9.98. The predicted molar refractivity (Wildman–Crippen MR) is 121 cm³/mol. The van der Waals surface area contributed by atoms with Crippen LogP contribution in [-0.4, -0.2) is 50.1 Å². The molecule has 1 aromatic carbocycles. The standard InChI is InChI=1S/C23H24N8O2/c1-14-11-26-23(28-17-12-27-31(13-17)18-6-8-30(2)20(32)10-18)29-21(14)16-3-4-19(22(25)33)15(9-16)5-7-24/h3-4,9,11-13,18H,5-6,8,10H2,1-2H3,(H2,25,33)(H,26,28,29). The van der Waals surface area contributed by atoms with Crippen LogP contribution in [0, 0.1) is 18.3 Å². The Morgan fingerprint density at radius 2 is 2.18 bits per heavy atom. The second kappa shape index (κ2) is 9.08. The molecule has 0 bridgehead atoms. The second-order valence-electron chi connectivity index (χ2n) is 8.09. The molecule has 3 N–H and O–H groups in total. The average molecular weight is 444 g/mol. The Bertz CT molecular complexity index is 1260. The van der Waals surface area contributed by atoms with Gasteiger partial charge in [-0.1, -0.05) is 6.07 Å². The molecule has 0 saturated carbocycles. The van der Waals surface area contributed by atoms with Crippen molar-refractivity contribution in [3.8, 4) is 17.3 Å². The van der Waals surface area contributed by atoms with Crippen molar-refractivity contribution < 1.29 is 9.59 Å². The Hall–Kier alpha value is -4.26. The summed E-state index contributed by atoms with van der Waals surface area (Å²) in [4.78, 5) is 34.4. The topological polar surface area (TPSA) is 143 Å². The molecule has 2 aromatic heterocycles. The number of nitriles is 1. The van der Waals surface area contributed by atoms with Gasteiger partial charge in [0.2, 0.25) is 17.8 Å². The van der Waals surface area contributed by atoms with Gasteiger partial charge < -0.3 is 16.0 Å². The molecule has 10 nitrogen and oxygen atoms in total. The van der Waals surface area contributed by atoms with Crippen LogP contribution in [-0.2, 0) is 11.2 Å². The molecule has 2 amide bonds. The summed E-state index contributed by atoms with van der Waals surface area (Å²) in [7, 11) is 1.81. The highest BCUT2D eigenvalue weighted by molar-refractivity contribution is 5.95. The van der Waals surface area contributed by atoms with E-state index in [0.29, 0.717) is 41.4 Å². The normalized spacial score (nSPS) is 15.8. The Morgan fingerprint density at radius 3 is 2.91 bits per heavy atom. The maximum Gasteiger partial charge on any atom is 0.249 e. The third-order valence-corrected chi connectivity index (χ3v) is 5.75. The van der Waals surface area contributed by atoms with Gasteiger partial charge >= 0.3 is 0 Å². The first-order valence-electron chi connectivity index (χ1n) is 10.5. The lowest BCUT2D eigenvalue weighted by molar-refractivity contribution is -0.133. The Balaban J connectivity index is 1.57. The molecule has 3 heterocycles. The van der Waals surface area contributed by atoms with Gasteiger partial charge in [0, 0.05) is 43.5 Å². The summed E-state index contributed by atoms with van der Waals surface area (Å²) in [6.45, 7) is 2.60. The highest BCUT2D eigenvalue weighted by Crippen LogP contribution is 2.27. The van der Waals surface area contributed by atoms with Gasteiger partial charge in [-0.25, -0.2) is 9.97 Å². The van der Waals surface area contributed by atoms with Crippen LogP contribution in [0.2, 0.25) is 0 Å². The number of likely N-dealkylation sites (tertiary alicyclic amines) is 1. The second-order valence-corrected chi connectivity index (χ2v) is 8.09. The smallest absolute Gasteiger partial charge is 0.249 e. The monoisotopic (exact) mass is 444 g/mol. The Morgan fingerprint density at radius 1 is 1.36 bits per heavy atom. The van der Waals surface area contributed by atoms with Gasteiger partial charge in [0.05, 0.1) is 36.1 Å². The van der Waals surface area contributed by atoms with E-state index in [9.17, 15) is 9.59 Å². The molecule has 1 aliphatic heterocycles. The highest BCUT2D eigenvalue weighted by atomic mass is 16.2. The van der Waals surface area contributed by atoms with E-state index in [1.54, 1.807) is 40.2 Å². The summed E-state index contributed by atoms with van der Waals surface area (Å²) in [5, 5.41) is 16.7. The fourth-order valence-electron chi connectivity index (χ4n) is 3.89. The van der Waals surface area contributed by atoms with Crippen LogP contribution in [0.4, 0.5) is 11.6 Å².